The Balaban J connectivity index is 2.16. The van der Waals surface area contributed by atoms with E-state index in [1.54, 1.807) is 24.3 Å². The van der Waals surface area contributed by atoms with Crippen molar-refractivity contribution in [3.8, 4) is 6.07 Å². The first-order valence-corrected chi connectivity index (χ1v) is 11.1. The Kier molecular flexibility index (Phi) is 6.11. The quantitative estimate of drug-likeness (QED) is 0.642. The van der Waals surface area contributed by atoms with Crippen molar-refractivity contribution in [2.75, 3.05) is 5.73 Å². The van der Waals surface area contributed by atoms with Crippen LogP contribution in [0.15, 0.2) is 42.5 Å². The highest BCUT2D eigenvalue weighted by atomic mass is 32.2. The van der Waals surface area contributed by atoms with Gasteiger partial charge in [-0.05, 0) is 74.9 Å². The lowest BCUT2D eigenvalue weighted by molar-refractivity contribution is 0.415. The van der Waals surface area contributed by atoms with Gasteiger partial charge in [0.05, 0.1) is 38.6 Å². The first kappa shape index (κ1) is 21.5. The summed E-state index contributed by atoms with van der Waals surface area (Å²) in [7, 11) is -1.37. The Bertz CT molecular complexity index is 942. The Morgan fingerprint density at radius 1 is 1.17 bits per heavy atom. The van der Waals surface area contributed by atoms with Crippen LogP contribution >= 0.6 is 0 Å². The van der Waals surface area contributed by atoms with Crippen LogP contribution in [0.5, 0.6) is 0 Å². The lowest BCUT2D eigenvalue weighted by Crippen LogP contribution is -2.49. The minimum atomic E-state index is -1.37. The summed E-state index contributed by atoms with van der Waals surface area (Å²) in [5, 5.41) is 9.18. The van der Waals surface area contributed by atoms with Crippen LogP contribution in [-0.2, 0) is 16.5 Å². The van der Waals surface area contributed by atoms with Gasteiger partial charge in [0.15, 0.2) is 0 Å². The lowest BCUT2D eigenvalue weighted by Gasteiger charge is -2.38. The largest absolute Gasteiger partial charge is 0.396 e. The van der Waals surface area contributed by atoms with Crippen LogP contribution < -0.4 is 10.5 Å². The zero-order valence-corrected chi connectivity index (χ0v) is 18.0. The summed E-state index contributed by atoms with van der Waals surface area (Å²) in [5.74, 6) is 0.192. The molecule has 4 nitrogen and oxygen atoms in total. The zero-order valence-electron chi connectivity index (χ0n) is 17.2. The number of nitrogen functional groups attached to an aromatic ring is 1. The minimum Gasteiger partial charge on any atom is -0.396 e. The normalized spacial score (nSPS) is 17.3. The van der Waals surface area contributed by atoms with Crippen LogP contribution in [0.3, 0.4) is 0 Å². The van der Waals surface area contributed by atoms with Crippen molar-refractivity contribution in [1.29, 1.82) is 5.26 Å². The molecular weight excluding hydrogens is 385 g/mol. The van der Waals surface area contributed by atoms with E-state index in [1.807, 2.05) is 32.9 Å². The summed E-state index contributed by atoms with van der Waals surface area (Å²) in [6, 6.07) is 14.1. The van der Waals surface area contributed by atoms with E-state index in [-0.39, 0.29) is 5.69 Å². The summed E-state index contributed by atoms with van der Waals surface area (Å²) < 4.78 is 30.0. The van der Waals surface area contributed by atoms with Crippen LogP contribution in [0.1, 0.15) is 63.1 Å². The van der Waals surface area contributed by atoms with Crippen molar-refractivity contribution >= 4 is 16.7 Å². The summed E-state index contributed by atoms with van der Waals surface area (Å²) in [4.78, 5) is 0. The van der Waals surface area contributed by atoms with Crippen LogP contribution in [0.4, 0.5) is 10.1 Å². The second kappa shape index (κ2) is 8.25. The third kappa shape index (κ3) is 4.85. The maximum absolute atomic E-state index is 13.9. The fourth-order valence-electron chi connectivity index (χ4n) is 3.40. The van der Waals surface area contributed by atoms with E-state index < -0.39 is 27.1 Å². The molecule has 0 aromatic heterocycles. The Labute approximate surface area is 174 Å². The van der Waals surface area contributed by atoms with E-state index in [0.29, 0.717) is 17.9 Å². The average Bonchev–Trinajstić information content (AvgIpc) is 3.51. The molecule has 1 aliphatic rings. The number of nitrogens with one attached hydrogen (secondary N) is 1. The summed E-state index contributed by atoms with van der Waals surface area (Å²) in [5.41, 5.74) is 7.40. The SMILES string of the molecule is CC(C)(C)[S@](=O)NC(CCC1CC1)(c1ccc(C#N)cc1)c1ccc(F)c(N)c1. The van der Waals surface area contributed by atoms with E-state index in [2.05, 4.69) is 10.8 Å². The second-order valence-electron chi connectivity index (χ2n) is 8.80. The summed E-state index contributed by atoms with van der Waals surface area (Å²) in [6.45, 7) is 5.75. The number of halogens is 1. The first-order valence-electron chi connectivity index (χ1n) is 9.91. The third-order valence-corrected chi connectivity index (χ3v) is 7.09. The molecule has 154 valence electrons. The number of benzene rings is 2. The fourth-order valence-corrected chi connectivity index (χ4v) is 4.36. The highest BCUT2D eigenvalue weighted by molar-refractivity contribution is 7.84. The minimum absolute atomic E-state index is 0.0651. The molecule has 0 radical (unpaired) electrons. The van der Waals surface area contributed by atoms with Gasteiger partial charge in [-0.25, -0.2) is 13.3 Å². The van der Waals surface area contributed by atoms with Gasteiger partial charge >= 0.3 is 0 Å². The van der Waals surface area contributed by atoms with Crippen molar-refractivity contribution < 1.29 is 8.60 Å². The van der Waals surface area contributed by atoms with Crippen molar-refractivity contribution in [1.82, 2.24) is 4.72 Å². The molecule has 2 atom stereocenters. The third-order valence-electron chi connectivity index (χ3n) is 5.44. The molecule has 2 aromatic rings. The smallest absolute Gasteiger partial charge is 0.146 e. The molecule has 1 fully saturated rings. The van der Waals surface area contributed by atoms with Crippen molar-refractivity contribution in [3.63, 3.8) is 0 Å². The van der Waals surface area contributed by atoms with Crippen LogP contribution in [0.2, 0.25) is 0 Å². The van der Waals surface area contributed by atoms with Crippen molar-refractivity contribution in [2.24, 2.45) is 5.92 Å². The zero-order chi connectivity index (χ0) is 21.2. The molecule has 0 aliphatic heterocycles. The monoisotopic (exact) mass is 413 g/mol. The van der Waals surface area contributed by atoms with E-state index in [1.165, 1.54) is 18.9 Å². The predicted octanol–water partition coefficient (Wildman–Crippen LogP) is 4.77. The summed E-state index contributed by atoms with van der Waals surface area (Å²) >= 11 is 0. The van der Waals surface area contributed by atoms with Gasteiger partial charge in [0.1, 0.15) is 5.82 Å². The molecule has 3 N–H and O–H groups in total. The van der Waals surface area contributed by atoms with Crippen LogP contribution in [0.25, 0.3) is 0 Å². The van der Waals surface area contributed by atoms with E-state index in [9.17, 15) is 13.9 Å². The van der Waals surface area contributed by atoms with Gasteiger partial charge < -0.3 is 5.73 Å². The fraction of sp³-hybridized carbons (Fsp3) is 0.435. The number of nitrogens with zero attached hydrogens (tertiary/aromatic N) is 1. The van der Waals surface area contributed by atoms with Crippen LogP contribution in [0, 0.1) is 23.1 Å². The number of nitriles is 1. The Morgan fingerprint density at radius 3 is 2.31 bits per heavy atom. The van der Waals surface area contributed by atoms with E-state index >= 15 is 0 Å². The molecular formula is C23H28FN3OS. The van der Waals surface area contributed by atoms with Gasteiger partial charge in [0, 0.05) is 0 Å². The molecule has 0 heterocycles. The summed E-state index contributed by atoms with van der Waals surface area (Å²) in [6.07, 6.45) is 4.08. The number of anilines is 1. The molecule has 0 amide bonds. The number of nitrogens with two attached hydrogens (primary N) is 1. The number of hydrogen-bond donors (Lipinski definition) is 2. The van der Waals surface area contributed by atoms with Crippen molar-refractivity contribution in [3.05, 3.63) is 65.0 Å². The predicted molar refractivity (Wildman–Crippen MR) is 116 cm³/mol. The maximum atomic E-state index is 13.9. The van der Waals surface area contributed by atoms with E-state index in [4.69, 9.17) is 5.73 Å². The standard InChI is InChI=1S/C23H28FN3OS/c1-22(2,3)29(28)27-23(13-12-16-4-5-16,18-8-6-17(15-25)7-9-18)19-10-11-20(24)21(26)14-19/h6-11,14,16,27H,4-5,12-13,26H2,1-3H3/t23?,29-/m0/s1. The molecule has 0 saturated heterocycles. The molecule has 3 rings (SSSR count). The average molecular weight is 414 g/mol. The topological polar surface area (TPSA) is 78.9 Å². The number of hydrogen-bond acceptors (Lipinski definition) is 3. The molecule has 1 unspecified atom stereocenters. The maximum Gasteiger partial charge on any atom is 0.146 e. The van der Waals surface area contributed by atoms with E-state index in [0.717, 1.165) is 17.5 Å². The Hall–Kier alpha value is -2.23. The van der Waals surface area contributed by atoms with Gasteiger partial charge in [-0.3, -0.25) is 0 Å². The first-order chi connectivity index (χ1) is 13.7. The van der Waals surface area contributed by atoms with Gasteiger partial charge in [-0.1, -0.05) is 31.0 Å². The Morgan fingerprint density at radius 2 is 1.79 bits per heavy atom. The molecule has 1 aliphatic carbocycles. The number of rotatable bonds is 7. The van der Waals surface area contributed by atoms with Gasteiger partial charge in [0.25, 0.3) is 0 Å². The molecule has 6 heteroatoms. The van der Waals surface area contributed by atoms with Crippen molar-refractivity contribution in [2.45, 2.75) is 56.7 Å². The van der Waals surface area contributed by atoms with Gasteiger partial charge in [0.2, 0.25) is 0 Å². The van der Waals surface area contributed by atoms with Gasteiger partial charge in [-0.2, -0.15) is 5.26 Å². The molecule has 1 saturated carbocycles. The molecule has 0 spiro atoms. The van der Waals surface area contributed by atoms with Crippen LogP contribution in [-0.4, -0.2) is 8.96 Å². The lowest BCUT2D eigenvalue weighted by atomic mass is 9.79. The molecule has 2 aromatic carbocycles. The highest BCUT2D eigenvalue weighted by Gasteiger charge is 2.40. The molecule has 0 bridgehead atoms. The van der Waals surface area contributed by atoms with Gasteiger partial charge in [-0.15, -0.1) is 0 Å². The second-order valence-corrected chi connectivity index (χ2v) is 10.8. The highest BCUT2D eigenvalue weighted by Crippen LogP contribution is 2.42. The molecule has 29 heavy (non-hydrogen) atoms.